The van der Waals surface area contributed by atoms with Gasteiger partial charge in [0.15, 0.2) is 5.88 Å². The van der Waals surface area contributed by atoms with Crippen molar-refractivity contribution in [2.24, 2.45) is 4.99 Å². The van der Waals surface area contributed by atoms with Crippen LogP contribution in [0.5, 0.6) is 11.6 Å². The number of aliphatic hydroxyl groups is 1. The number of aromatic hydroxyl groups is 1. The number of carbonyl (C=O) groups excluding carboxylic acids is 1. The largest absolute Gasteiger partial charge is 0.497 e. The lowest BCUT2D eigenvalue weighted by Crippen LogP contribution is -2.00. The summed E-state index contributed by atoms with van der Waals surface area (Å²) in [6.45, 7) is -0.0615. The second kappa shape index (κ2) is 6.16. The van der Waals surface area contributed by atoms with Crippen molar-refractivity contribution in [1.82, 2.24) is 4.98 Å². The molecule has 1 aliphatic rings. The van der Waals surface area contributed by atoms with E-state index < -0.39 is 5.91 Å². The Hall–Kier alpha value is -3.38. The summed E-state index contributed by atoms with van der Waals surface area (Å²) < 4.78 is 5.15. The minimum absolute atomic E-state index is 0.0615. The fraction of sp³-hybridized carbons (Fsp3) is 0.100. The number of rotatable bonds is 4. The molecule has 6 heteroatoms. The number of ether oxygens (including phenoxy) is 1. The van der Waals surface area contributed by atoms with Gasteiger partial charge in [-0.3, -0.25) is 4.79 Å². The first-order valence-electron chi connectivity index (χ1n) is 8.05. The predicted molar refractivity (Wildman–Crippen MR) is 96.8 cm³/mol. The summed E-state index contributed by atoms with van der Waals surface area (Å²) in [5, 5.41) is 19.6. The average molecular weight is 348 g/mol. The number of hydrogen-bond donors (Lipinski definition) is 3. The standard InChI is InChI=1S/C20H16N2O4/c1-26-14-8-6-13(7-9-14)18-16-15(19(24)22-18)17(21-20(16)25)12-4-2-11(10-23)3-5-12/h2-9,22-24H,10H2,1H3. The first-order chi connectivity index (χ1) is 12.6. The van der Waals surface area contributed by atoms with Crippen LogP contribution in [0, 0.1) is 0 Å². The minimum atomic E-state index is -0.399. The summed E-state index contributed by atoms with van der Waals surface area (Å²) in [5.74, 6) is 0.207. The van der Waals surface area contributed by atoms with Gasteiger partial charge in [0, 0.05) is 5.56 Å². The highest BCUT2D eigenvalue weighted by molar-refractivity contribution is 6.30. The SMILES string of the molecule is COc1ccc(-c2[nH]c(O)c3c2C(=O)N=C3c2ccc(CO)cc2)cc1. The number of aromatic nitrogens is 1. The van der Waals surface area contributed by atoms with Crippen LogP contribution >= 0.6 is 0 Å². The van der Waals surface area contributed by atoms with Crippen molar-refractivity contribution in [2.45, 2.75) is 6.61 Å². The van der Waals surface area contributed by atoms with Crippen LogP contribution < -0.4 is 4.74 Å². The van der Waals surface area contributed by atoms with Crippen LogP contribution in [-0.2, 0) is 6.61 Å². The van der Waals surface area contributed by atoms with E-state index in [-0.39, 0.29) is 12.5 Å². The minimum Gasteiger partial charge on any atom is -0.497 e. The maximum absolute atomic E-state index is 12.5. The number of aliphatic hydroxyl groups excluding tert-OH is 1. The van der Waals surface area contributed by atoms with Crippen LogP contribution in [0.15, 0.2) is 53.5 Å². The van der Waals surface area contributed by atoms with Crippen molar-refractivity contribution >= 4 is 11.6 Å². The quantitative estimate of drug-likeness (QED) is 0.676. The Morgan fingerprint density at radius 2 is 1.65 bits per heavy atom. The van der Waals surface area contributed by atoms with Gasteiger partial charge in [-0.25, -0.2) is 4.99 Å². The van der Waals surface area contributed by atoms with E-state index in [1.54, 1.807) is 43.5 Å². The van der Waals surface area contributed by atoms with Crippen LogP contribution in [0.25, 0.3) is 11.3 Å². The Morgan fingerprint density at radius 1 is 1.00 bits per heavy atom. The maximum atomic E-state index is 12.5. The molecule has 3 aromatic rings. The Bertz CT molecular complexity index is 1020. The molecule has 1 aliphatic heterocycles. The molecule has 3 N–H and O–H groups in total. The van der Waals surface area contributed by atoms with Crippen molar-refractivity contribution in [3.63, 3.8) is 0 Å². The summed E-state index contributed by atoms with van der Waals surface area (Å²) in [6.07, 6.45) is 0. The molecule has 0 fully saturated rings. The molecule has 0 aliphatic carbocycles. The van der Waals surface area contributed by atoms with Gasteiger partial charge in [0.25, 0.3) is 5.91 Å². The topological polar surface area (TPSA) is 94.9 Å². The number of hydrogen-bond acceptors (Lipinski definition) is 4. The Balaban J connectivity index is 1.80. The van der Waals surface area contributed by atoms with E-state index in [1.165, 1.54) is 0 Å². The van der Waals surface area contributed by atoms with Gasteiger partial charge in [-0.2, -0.15) is 0 Å². The van der Waals surface area contributed by atoms with Gasteiger partial charge in [-0.1, -0.05) is 24.3 Å². The highest BCUT2D eigenvalue weighted by atomic mass is 16.5. The zero-order valence-electron chi connectivity index (χ0n) is 14.0. The molecular formula is C20H16N2O4. The second-order valence-corrected chi connectivity index (χ2v) is 5.95. The number of methoxy groups -OCH3 is 1. The number of H-pyrrole nitrogens is 1. The molecule has 0 unspecified atom stereocenters. The van der Waals surface area contributed by atoms with Crippen LogP contribution in [0.1, 0.15) is 27.0 Å². The third-order valence-electron chi connectivity index (χ3n) is 4.43. The number of fused-ring (bicyclic) bond motifs is 1. The van der Waals surface area contributed by atoms with Gasteiger partial charge in [0.2, 0.25) is 0 Å². The zero-order valence-corrected chi connectivity index (χ0v) is 14.0. The van der Waals surface area contributed by atoms with E-state index in [9.17, 15) is 9.90 Å². The number of benzene rings is 2. The molecule has 6 nitrogen and oxygen atoms in total. The number of nitrogens with one attached hydrogen (secondary N) is 1. The third-order valence-corrected chi connectivity index (χ3v) is 4.43. The Kier molecular flexibility index (Phi) is 3.82. The molecule has 130 valence electrons. The van der Waals surface area contributed by atoms with Crippen LogP contribution in [-0.4, -0.2) is 33.9 Å². The van der Waals surface area contributed by atoms with Gasteiger partial charge < -0.3 is 19.9 Å². The molecule has 1 aromatic heterocycles. The smallest absolute Gasteiger partial charge is 0.280 e. The van der Waals surface area contributed by atoms with E-state index in [0.717, 1.165) is 11.1 Å². The number of amides is 1. The first kappa shape index (κ1) is 16.1. The van der Waals surface area contributed by atoms with Gasteiger partial charge in [0.1, 0.15) is 5.75 Å². The number of carbonyl (C=O) groups is 1. The van der Waals surface area contributed by atoms with Gasteiger partial charge in [-0.05, 0) is 35.4 Å². The van der Waals surface area contributed by atoms with E-state index in [0.29, 0.717) is 33.8 Å². The molecule has 0 saturated carbocycles. The zero-order chi connectivity index (χ0) is 18.3. The lowest BCUT2D eigenvalue weighted by atomic mass is 9.99. The van der Waals surface area contributed by atoms with E-state index in [1.807, 2.05) is 12.1 Å². The van der Waals surface area contributed by atoms with Gasteiger partial charge in [-0.15, -0.1) is 0 Å². The van der Waals surface area contributed by atoms with Crippen LogP contribution in [0.4, 0.5) is 0 Å². The molecule has 0 bridgehead atoms. The first-order valence-corrected chi connectivity index (χ1v) is 8.05. The fourth-order valence-corrected chi connectivity index (χ4v) is 3.10. The summed E-state index contributed by atoms with van der Waals surface area (Å²) in [7, 11) is 1.58. The lowest BCUT2D eigenvalue weighted by Gasteiger charge is -2.03. The third kappa shape index (κ3) is 2.48. The molecule has 2 aromatic carbocycles. The van der Waals surface area contributed by atoms with E-state index in [4.69, 9.17) is 9.84 Å². The fourth-order valence-electron chi connectivity index (χ4n) is 3.10. The molecule has 0 spiro atoms. The van der Waals surface area contributed by atoms with Gasteiger partial charge >= 0.3 is 0 Å². The van der Waals surface area contributed by atoms with Crippen molar-refractivity contribution in [2.75, 3.05) is 7.11 Å². The van der Waals surface area contributed by atoms with Crippen LogP contribution in [0.3, 0.4) is 0 Å². The Labute approximate surface area is 149 Å². The average Bonchev–Trinajstić information content (AvgIpc) is 3.21. The molecule has 4 rings (SSSR count). The van der Waals surface area contributed by atoms with Crippen molar-refractivity contribution in [3.8, 4) is 22.9 Å². The summed E-state index contributed by atoms with van der Waals surface area (Å²) in [5.41, 5.74) is 3.91. The molecule has 0 radical (unpaired) electrons. The lowest BCUT2D eigenvalue weighted by molar-refractivity contribution is 0.101. The van der Waals surface area contributed by atoms with Gasteiger partial charge in [0.05, 0.1) is 36.2 Å². The normalized spacial score (nSPS) is 12.8. The summed E-state index contributed by atoms with van der Waals surface area (Å²) in [6, 6.07) is 14.3. The van der Waals surface area contributed by atoms with Crippen molar-refractivity contribution in [3.05, 3.63) is 70.8 Å². The monoisotopic (exact) mass is 348 g/mol. The highest BCUT2D eigenvalue weighted by Gasteiger charge is 2.33. The number of aliphatic imine (C=N–C) groups is 1. The molecular weight excluding hydrogens is 332 g/mol. The van der Waals surface area contributed by atoms with E-state index in [2.05, 4.69) is 9.98 Å². The highest BCUT2D eigenvalue weighted by Crippen LogP contribution is 2.38. The second-order valence-electron chi connectivity index (χ2n) is 5.95. The summed E-state index contributed by atoms with van der Waals surface area (Å²) in [4.78, 5) is 19.5. The molecule has 2 heterocycles. The number of aromatic amines is 1. The van der Waals surface area contributed by atoms with Crippen LogP contribution in [0.2, 0.25) is 0 Å². The van der Waals surface area contributed by atoms with Crippen molar-refractivity contribution in [1.29, 1.82) is 0 Å². The maximum Gasteiger partial charge on any atom is 0.280 e. The summed E-state index contributed by atoms with van der Waals surface area (Å²) >= 11 is 0. The molecule has 0 atom stereocenters. The predicted octanol–water partition coefficient (Wildman–Crippen LogP) is 2.88. The van der Waals surface area contributed by atoms with Crippen molar-refractivity contribution < 1.29 is 19.7 Å². The molecule has 26 heavy (non-hydrogen) atoms. The van der Waals surface area contributed by atoms with E-state index >= 15 is 0 Å². The Morgan fingerprint density at radius 3 is 2.27 bits per heavy atom. The molecule has 1 amide bonds. The number of nitrogens with zero attached hydrogens (tertiary/aromatic N) is 1. The molecule has 0 saturated heterocycles.